The van der Waals surface area contributed by atoms with Crippen molar-refractivity contribution in [3.8, 4) is 16.9 Å². The van der Waals surface area contributed by atoms with Gasteiger partial charge in [-0.2, -0.15) is 39.5 Å². The standard InChI is InChI=1S/C30H25F10NO3/c1-14(2)24-22(31)7-8-23(43-4)25(24)21-6-5-18(28(32,33)34)11-17(21)13-41-15(3)26(44-27(41)42)16-9-19(29(35,36)37)12-20(10-16)30(38,39)40/h5-12,14-15,26H,13H2,1-4H3/t15-,26-/m0/s1/i14D,15D,26D. The van der Waals surface area contributed by atoms with Crippen LogP contribution in [0.4, 0.5) is 48.7 Å². The quantitative estimate of drug-likeness (QED) is 0.252. The molecular weight excluding hydrogens is 612 g/mol. The van der Waals surface area contributed by atoms with Crippen LogP contribution < -0.4 is 4.74 Å². The average molecular weight is 641 g/mol. The van der Waals surface area contributed by atoms with Gasteiger partial charge in [-0.1, -0.05) is 19.9 Å². The Hall–Kier alpha value is -3.97. The SMILES string of the molecule is [2H]C(C)(C)c1c(F)ccc(OC)c1-c1ccc(C(F)(F)F)cc1CN1C(=O)O[C@]([2H])(c2cc(C(F)(F)F)cc(C(F)(F)F)c2)[C@]1([2H])C. The Kier molecular flexibility index (Phi) is 7.53. The fraction of sp³-hybridized carbons (Fsp3) is 0.367. The van der Waals surface area contributed by atoms with E-state index < -0.39 is 82.8 Å². The number of ether oxygens (including phenoxy) is 2. The van der Waals surface area contributed by atoms with Gasteiger partial charge in [0.1, 0.15) is 17.6 Å². The maximum atomic E-state index is 15.2. The summed E-state index contributed by atoms with van der Waals surface area (Å²) >= 11 is 0. The van der Waals surface area contributed by atoms with Crippen LogP contribution in [0.1, 0.15) is 70.2 Å². The van der Waals surface area contributed by atoms with E-state index in [4.69, 9.17) is 13.6 Å². The molecule has 0 N–H and O–H groups in total. The number of nitrogens with zero attached hydrogens (tertiary/aromatic N) is 1. The zero-order chi connectivity index (χ0) is 35.7. The number of hydrogen-bond acceptors (Lipinski definition) is 3. The maximum Gasteiger partial charge on any atom is 0.416 e. The number of carbonyl (C=O) groups excluding carboxylic acids is 1. The first kappa shape index (κ1) is 28.8. The van der Waals surface area contributed by atoms with Gasteiger partial charge in [0.25, 0.3) is 0 Å². The molecule has 4 rings (SSSR count). The molecule has 1 fully saturated rings. The number of alkyl halides is 9. The van der Waals surface area contributed by atoms with Gasteiger partial charge in [-0.25, -0.2) is 9.18 Å². The monoisotopic (exact) mass is 640 g/mol. The minimum absolute atomic E-state index is 0.0983. The van der Waals surface area contributed by atoms with Crippen molar-refractivity contribution in [3.63, 3.8) is 0 Å². The second kappa shape index (κ2) is 11.5. The van der Waals surface area contributed by atoms with Crippen LogP contribution in [-0.4, -0.2) is 24.1 Å². The predicted molar refractivity (Wildman–Crippen MR) is 138 cm³/mol. The van der Waals surface area contributed by atoms with Crippen molar-refractivity contribution in [2.75, 3.05) is 7.11 Å². The van der Waals surface area contributed by atoms with E-state index in [2.05, 4.69) is 0 Å². The average Bonchev–Trinajstić information content (AvgIpc) is 3.09. The smallest absolute Gasteiger partial charge is 0.416 e. The van der Waals surface area contributed by atoms with E-state index in [1.165, 1.54) is 21.0 Å². The molecule has 4 nitrogen and oxygen atoms in total. The first-order valence-electron chi connectivity index (χ1n) is 14.1. The van der Waals surface area contributed by atoms with Gasteiger partial charge in [0.15, 0.2) is 0 Å². The molecule has 1 amide bonds. The summed E-state index contributed by atoms with van der Waals surface area (Å²) in [4.78, 5) is 13.5. The fourth-order valence-electron chi connectivity index (χ4n) is 4.81. The third-order valence-electron chi connectivity index (χ3n) is 6.86. The molecule has 0 saturated carbocycles. The van der Waals surface area contributed by atoms with Gasteiger partial charge < -0.3 is 9.47 Å². The van der Waals surface area contributed by atoms with Crippen molar-refractivity contribution in [2.24, 2.45) is 0 Å². The second-order valence-corrected chi connectivity index (χ2v) is 10.0. The molecule has 238 valence electrons. The molecule has 0 aliphatic carbocycles. The first-order valence-corrected chi connectivity index (χ1v) is 12.6. The first-order chi connectivity index (χ1) is 21.2. The highest BCUT2D eigenvalue weighted by Crippen LogP contribution is 2.45. The van der Waals surface area contributed by atoms with Gasteiger partial charge in [-0.3, -0.25) is 4.90 Å². The molecule has 0 unspecified atom stereocenters. The van der Waals surface area contributed by atoms with Crippen LogP contribution in [0.3, 0.4) is 0 Å². The number of carbonyl (C=O) groups is 1. The Morgan fingerprint density at radius 2 is 1.48 bits per heavy atom. The molecule has 0 spiro atoms. The minimum Gasteiger partial charge on any atom is -0.496 e. The minimum atomic E-state index is -5.35. The van der Waals surface area contributed by atoms with Crippen LogP contribution in [-0.2, 0) is 29.8 Å². The lowest BCUT2D eigenvalue weighted by Crippen LogP contribution is -2.32. The van der Waals surface area contributed by atoms with Gasteiger partial charge in [-0.05, 0) is 72.0 Å². The molecule has 1 heterocycles. The van der Waals surface area contributed by atoms with E-state index in [9.17, 15) is 44.3 Å². The van der Waals surface area contributed by atoms with Gasteiger partial charge in [0.2, 0.25) is 0 Å². The Balaban J connectivity index is 1.95. The van der Waals surface area contributed by atoms with E-state index >= 15 is 4.39 Å². The highest BCUT2D eigenvalue weighted by atomic mass is 19.4. The van der Waals surface area contributed by atoms with Crippen molar-refractivity contribution in [3.05, 3.63) is 87.7 Å². The normalized spacial score (nSPS) is 22.4. The Labute approximate surface area is 249 Å². The summed E-state index contributed by atoms with van der Waals surface area (Å²) in [5.74, 6) is -2.76. The molecule has 14 heteroatoms. The number of methoxy groups -OCH3 is 1. The summed E-state index contributed by atoms with van der Waals surface area (Å²) < 4.78 is 175. The van der Waals surface area contributed by atoms with Crippen LogP contribution in [0.25, 0.3) is 11.1 Å². The van der Waals surface area contributed by atoms with Crippen LogP contribution >= 0.6 is 0 Å². The van der Waals surface area contributed by atoms with E-state index in [1.54, 1.807) is 0 Å². The third kappa shape index (κ3) is 6.43. The number of amides is 1. The van der Waals surface area contributed by atoms with Crippen LogP contribution in [0.15, 0.2) is 48.5 Å². The van der Waals surface area contributed by atoms with E-state index in [0.717, 1.165) is 25.1 Å². The summed E-state index contributed by atoms with van der Waals surface area (Å²) in [6.07, 6.45) is -20.6. The summed E-state index contributed by atoms with van der Waals surface area (Å²) in [5, 5.41) is 0. The number of hydrogen-bond donors (Lipinski definition) is 0. The molecule has 3 aromatic rings. The summed E-state index contributed by atoms with van der Waals surface area (Å²) in [5.41, 5.74) is -7.35. The van der Waals surface area contributed by atoms with Crippen molar-refractivity contribution < 1.29 is 62.3 Å². The highest BCUT2D eigenvalue weighted by molar-refractivity contribution is 5.79. The zero-order valence-corrected chi connectivity index (χ0v) is 23.3. The van der Waals surface area contributed by atoms with Crippen LogP contribution in [0.5, 0.6) is 5.75 Å². The Morgan fingerprint density at radius 3 is 1.98 bits per heavy atom. The number of rotatable bonds is 6. The molecule has 3 aromatic carbocycles. The molecule has 1 aliphatic rings. The van der Waals surface area contributed by atoms with E-state index in [0.29, 0.717) is 17.0 Å². The highest BCUT2D eigenvalue weighted by Gasteiger charge is 2.44. The molecule has 2 atom stereocenters. The van der Waals surface area contributed by atoms with Crippen LogP contribution in [0, 0.1) is 5.82 Å². The fourth-order valence-corrected chi connectivity index (χ4v) is 4.81. The van der Waals surface area contributed by atoms with Crippen molar-refractivity contribution in [2.45, 2.75) is 63.8 Å². The van der Waals surface area contributed by atoms with Crippen molar-refractivity contribution in [1.29, 1.82) is 0 Å². The predicted octanol–water partition coefficient (Wildman–Crippen LogP) is 9.76. The topological polar surface area (TPSA) is 38.8 Å². The largest absolute Gasteiger partial charge is 0.496 e. The Morgan fingerprint density at radius 1 is 0.909 bits per heavy atom. The summed E-state index contributed by atoms with van der Waals surface area (Å²) in [7, 11) is 1.17. The van der Waals surface area contributed by atoms with E-state index in [-0.39, 0.29) is 40.6 Å². The summed E-state index contributed by atoms with van der Waals surface area (Å²) in [6.45, 7) is 2.30. The van der Waals surface area contributed by atoms with Gasteiger partial charge in [0, 0.05) is 12.5 Å². The number of cyclic esters (lactones) is 1. The lowest BCUT2D eigenvalue weighted by molar-refractivity contribution is -0.143. The lowest BCUT2D eigenvalue weighted by atomic mass is 9.88. The van der Waals surface area contributed by atoms with Crippen LogP contribution in [0.2, 0.25) is 0 Å². The molecule has 1 saturated heterocycles. The summed E-state index contributed by atoms with van der Waals surface area (Å²) in [6, 6.07) is 1.31. The van der Waals surface area contributed by atoms with Gasteiger partial charge >= 0.3 is 24.6 Å². The van der Waals surface area contributed by atoms with Gasteiger partial charge in [-0.15, -0.1) is 0 Å². The van der Waals surface area contributed by atoms with Crippen molar-refractivity contribution in [1.82, 2.24) is 4.90 Å². The second-order valence-electron chi connectivity index (χ2n) is 10.0. The molecule has 0 radical (unpaired) electrons. The zero-order valence-electron chi connectivity index (χ0n) is 26.3. The number of benzene rings is 3. The van der Waals surface area contributed by atoms with Crippen molar-refractivity contribution >= 4 is 6.09 Å². The third-order valence-corrected chi connectivity index (χ3v) is 6.86. The Bertz CT molecular complexity index is 1680. The lowest BCUT2D eigenvalue weighted by Gasteiger charge is -2.25. The van der Waals surface area contributed by atoms with Gasteiger partial charge in [0.05, 0.1) is 39.1 Å². The molecular formula is C30H25F10NO3. The molecule has 0 bridgehead atoms. The number of halogens is 10. The molecule has 44 heavy (non-hydrogen) atoms. The molecule has 0 aromatic heterocycles. The molecule has 1 aliphatic heterocycles. The van der Waals surface area contributed by atoms with E-state index in [1.807, 2.05) is 0 Å². The maximum absolute atomic E-state index is 15.2.